The van der Waals surface area contributed by atoms with Crippen LogP contribution in [0.1, 0.15) is 20.8 Å². The van der Waals surface area contributed by atoms with Crippen molar-refractivity contribution in [2.75, 3.05) is 19.6 Å². The van der Waals surface area contributed by atoms with Gasteiger partial charge in [0.25, 0.3) is 0 Å². The maximum atomic E-state index is 7.24. The van der Waals surface area contributed by atoms with Crippen molar-refractivity contribution in [3.63, 3.8) is 0 Å². The van der Waals surface area contributed by atoms with Crippen LogP contribution in [0.15, 0.2) is 0 Å². The first-order valence-corrected chi connectivity index (χ1v) is 4.47. The van der Waals surface area contributed by atoms with Gasteiger partial charge >= 0.3 is 0 Å². The Balaban J connectivity index is 2.23. The van der Waals surface area contributed by atoms with E-state index in [2.05, 4.69) is 18.7 Å². The minimum atomic E-state index is 0.209. The smallest absolute Gasteiger partial charge is 0.0947 e. The van der Waals surface area contributed by atoms with Crippen LogP contribution in [0.3, 0.4) is 0 Å². The van der Waals surface area contributed by atoms with E-state index in [-0.39, 0.29) is 5.92 Å². The molecule has 3 N–H and O–H groups in total. The van der Waals surface area contributed by atoms with E-state index >= 15 is 0 Å². The fraction of sp³-hybridized carbons (Fsp3) is 0.889. The fourth-order valence-corrected chi connectivity index (χ4v) is 1.78. The highest BCUT2D eigenvalue weighted by molar-refractivity contribution is 5.79. The molecule has 1 aliphatic heterocycles. The first kappa shape index (κ1) is 9.52. The molecule has 1 atom stereocenters. The van der Waals surface area contributed by atoms with Gasteiger partial charge in [0.05, 0.1) is 5.84 Å². The Kier molecular flexibility index (Phi) is 2.42. The molecular weight excluding hydrogens is 150 g/mol. The number of amidine groups is 1. The molecule has 0 radical (unpaired) electrons. The molecule has 1 saturated heterocycles. The summed E-state index contributed by atoms with van der Waals surface area (Å²) >= 11 is 0. The maximum absolute atomic E-state index is 7.24. The molecule has 0 spiro atoms. The topological polar surface area (TPSA) is 53.1 Å². The predicted molar refractivity (Wildman–Crippen MR) is 51.3 cm³/mol. The van der Waals surface area contributed by atoms with Gasteiger partial charge in [0.15, 0.2) is 0 Å². The monoisotopic (exact) mass is 169 g/mol. The summed E-state index contributed by atoms with van der Waals surface area (Å²) in [6.45, 7) is 9.77. The second-order valence-corrected chi connectivity index (χ2v) is 4.69. The van der Waals surface area contributed by atoms with E-state index in [1.807, 2.05) is 6.92 Å². The van der Waals surface area contributed by atoms with Gasteiger partial charge in [0, 0.05) is 25.6 Å². The van der Waals surface area contributed by atoms with Crippen LogP contribution in [-0.2, 0) is 0 Å². The highest BCUT2D eigenvalue weighted by atomic mass is 15.2. The summed E-state index contributed by atoms with van der Waals surface area (Å²) in [6, 6.07) is 0. The number of hydrogen-bond acceptors (Lipinski definition) is 2. The van der Waals surface area contributed by atoms with Crippen molar-refractivity contribution in [2.24, 2.45) is 17.1 Å². The average molecular weight is 169 g/mol. The van der Waals surface area contributed by atoms with Crippen molar-refractivity contribution in [1.29, 1.82) is 5.41 Å². The first-order valence-electron chi connectivity index (χ1n) is 4.47. The molecule has 3 nitrogen and oxygen atoms in total. The molecule has 1 fully saturated rings. The number of nitrogens with one attached hydrogen (secondary N) is 1. The molecule has 0 bridgehead atoms. The SMILES string of the molecule is CC(CN1CC(C)(C)C1)C(=N)N. The zero-order chi connectivity index (χ0) is 9.35. The first-order chi connectivity index (χ1) is 5.41. The van der Waals surface area contributed by atoms with Crippen molar-refractivity contribution in [2.45, 2.75) is 20.8 Å². The molecule has 0 amide bonds. The van der Waals surface area contributed by atoms with Gasteiger partial charge in [0.1, 0.15) is 0 Å². The molecule has 1 rings (SSSR count). The van der Waals surface area contributed by atoms with Crippen molar-refractivity contribution >= 4 is 5.84 Å². The van der Waals surface area contributed by atoms with E-state index in [0.717, 1.165) is 19.6 Å². The summed E-state index contributed by atoms with van der Waals surface area (Å²) < 4.78 is 0. The molecule has 12 heavy (non-hydrogen) atoms. The lowest BCUT2D eigenvalue weighted by atomic mass is 9.84. The van der Waals surface area contributed by atoms with E-state index in [1.54, 1.807) is 0 Å². The Morgan fingerprint density at radius 3 is 2.42 bits per heavy atom. The van der Waals surface area contributed by atoms with Crippen molar-refractivity contribution < 1.29 is 0 Å². The Bertz CT molecular complexity index is 178. The molecule has 0 aliphatic carbocycles. The molecule has 1 aliphatic rings. The summed E-state index contributed by atoms with van der Waals surface area (Å²) in [5.74, 6) is 0.515. The summed E-state index contributed by atoms with van der Waals surface area (Å²) in [5.41, 5.74) is 5.87. The van der Waals surface area contributed by atoms with Gasteiger partial charge in [-0.25, -0.2) is 0 Å². The van der Waals surface area contributed by atoms with Crippen LogP contribution in [0.5, 0.6) is 0 Å². The van der Waals surface area contributed by atoms with Crippen LogP contribution < -0.4 is 5.73 Å². The van der Waals surface area contributed by atoms with E-state index in [4.69, 9.17) is 11.1 Å². The predicted octanol–water partition coefficient (Wildman–Crippen LogP) is 0.900. The second kappa shape index (κ2) is 3.05. The van der Waals surface area contributed by atoms with E-state index in [1.165, 1.54) is 0 Å². The Labute approximate surface area is 74.4 Å². The minimum Gasteiger partial charge on any atom is -0.387 e. The standard InChI is InChI=1S/C9H19N3/c1-7(8(10)11)4-12-5-9(2,3)6-12/h7H,4-6H2,1-3H3,(H3,10,11). The summed E-state index contributed by atoms with van der Waals surface area (Å²) in [4.78, 5) is 2.35. The van der Waals surface area contributed by atoms with Crippen LogP contribution in [0.25, 0.3) is 0 Å². The molecule has 0 aromatic heterocycles. The van der Waals surface area contributed by atoms with Gasteiger partial charge in [-0.1, -0.05) is 20.8 Å². The molecule has 1 heterocycles. The zero-order valence-electron chi connectivity index (χ0n) is 8.22. The normalized spacial score (nSPS) is 24.6. The van der Waals surface area contributed by atoms with Crippen LogP contribution in [0, 0.1) is 16.7 Å². The zero-order valence-corrected chi connectivity index (χ0v) is 8.22. The fourth-order valence-electron chi connectivity index (χ4n) is 1.78. The van der Waals surface area contributed by atoms with Gasteiger partial charge in [-0.2, -0.15) is 0 Å². The lowest BCUT2D eigenvalue weighted by Gasteiger charge is -2.46. The van der Waals surface area contributed by atoms with Crippen molar-refractivity contribution in [1.82, 2.24) is 4.90 Å². The van der Waals surface area contributed by atoms with Crippen LogP contribution in [0.2, 0.25) is 0 Å². The van der Waals surface area contributed by atoms with Crippen LogP contribution in [-0.4, -0.2) is 30.4 Å². The van der Waals surface area contributed by atoms with Gasteiger partial charge in [-0.3, -0.25) is 5.41 Å². The number of likely N-dealkylation sites (tertiary alicyclic amines) is 1. The number of rotatable bonds is 3. The minimum absolute atomic E-state index is 0.209. The third-order valence-corrected chi connectivity index (χ3v) is 2.37. The summed E-state index contributed by atoms with van der Waals surface area (Å²) in [6.07, 6.45) is 0. The quantitative estimate of drug-likeness (QED) is 0.487. The highest BCUT2D eigenvalue weighted by Crippen LogP contribution is 2.28. The lowest BCUT2D eigenvalue weighted by molar-refractivity contribution is 0.0261. The van der Waals surface area contributed by atoms with E-state index in [9.17, 15) is 0 Å². The molecule has 0 aromatic carbocycles. The van der Waals surface area contributed by atoms with E-state index < -0.39 is 0 Å². The molecule has 3 heteroatoms. The Hall–Kier alpha value is -0.570. The van der Waals surface area contributed by atoms with Crippen LogP contribution in [0.4, 0.5) is 0 Å². The summed E-state index contributed by atoms with van der Waals surface area (Å²) in [7, 11) is 0. The largest absolute Gasteiger partial charge is 0.387 e. The molecule has 70 valence electrons. The van der Waals surface area contributed by atoms with Crippen molar-refractivity contribution in [3.05, 3.63) is 0 Å². The Morgan fingerprint density at radius 1 is 1.58 bits per heavy atom. The molecule has 0 saturated carbocycles. The second-order valence-electron chi connectivity index (χ2n) is 4.69. The van der Waals surface area contributed by atoms with E-state index in [0.29, 0.717) is 11.3 Å². The van der Waals surface area contributed by atoms with Gasteiger partial charge in [-0.05, 0) is 5.41 Å². The van der Waals surface area contributed by atoms with Gasteiger partial charge in [0.2, 0.25) is 0 Å². The Morgan fingerprint density at radius 2 is 2.08 bits per heavy atom. The van der Waals surface area contributed by atoms with Crippen LogP contribution >= 0.6 is 0 Å². The lowest BCUT2D eigenvalue weighted by Crippen LogP contribution is -2.54. The average Bonchev–Trinajstić information content (AvgIpc) is 1.83. The van der Waals surface area contributed by atoms with Gasteiger partial charge < -0.3 is 10.6 Å². The maximum Gasteiger partial charge on any atom is 0.0947 e. The third kappa shape index (κ3) is 2.21. The molecule has 1 unspecified atom stereocenters. The number of hydrogen-bond donors (Lipinski definition) is 2. The molecular formula is C9H19N3. The number of nitrogens with two attached hydrogens (primary N) is 1. The highest BCUT2D eigenvalue weighted by Gasteiger charge is 2.34. The summed E-state index contributed by atoms with van der Waals surface area (Å²) in [5, 5.41) is 7.24. The molecule has 0 aromatic rings. The number of nitrogens with zero attached hydrogens (tertiary/aromatic N) is 1. The van der Waals surface area contributed by atoms with Gasteiger partial charge in [-0.15, -0.1) is 0 Å². The van der Waals surface area contributed by atoms with Crippen molar-refractivity contribution in [3.8, 4) is 0 Å². The third-order valence-electron chi connectivity index (χ3n) is 2.37.